The van der Waals surface area contributed by atoms with Gasteiger partial charge in [0, 0.05) is 26.3 Å². The van der Waals surface area contributed by atoms with Crippen LogP contribution < -0.4 is 10.1 Å². The Labute approximate surface area is 151 Å². The summed E-state index contributed by atoms with van der Waals surface area (Å²) in [5.41, 5.74) is -1.58. The molecule has 0 saturated heterocycles. The number of nitrogens with zero attached hydrogens (tertiary/aromatic N) is 2. The minimum atomic E-state index is -4.69. The number of nitrogens with one attached hydrogen (secondary N) is 1. The van der Waals surface area contributed by atoms with E-state index in [1.165, 1.54) is 7.05 Å². The average Bonchev–Trinajstić information content (AvgIpc) is 2.71. The van der Waals surface area contributed by atoms with E-state index in [2.05, 4.69) is 10.4 Å². The monoisotopic (exact) mass is 411 g/mol. The van der Waals surface area contributed by atoms with Crippen LogP contribution in [-0.2, 0) is 27.9 Å². The highest BCUT2D eigenvalue weighted by atomic mass is 35.5. The fraction of sp³-hybridized carbons (Fsp3) is 0.286. The first-order valence-corrected chi connectivity index (χ1v) is 9.17. The van der Waals surface area contributed by atoms with Gasteiger partial charge in [0.2, 0.25) is 5.91 Å². The van der Waals surface area contributed by atoms with Crippen molar-refractivity contribution in [3.05, 3.63) is 28.8 Å². The summed E-state index contributed by atoms with van der Waals surface area (Å²) in [6.45, 7) is 1.06. The lowest BCUT2D eigenvalue weighted by Gasteiger charge is -2.14. The van der Waals surface area contributed by atoms with E-state index >= 15 is 0 Å². The molecule has 1 heterocycles. The summed E-state index contributed by atoms with van der Waals surface area (Å²) in [5, 5.41) is 5.26. The Bertz CT molecular complexity index is 971. The van der Waals surface area contributed by atoms with E-state index in [9.17, 15) is 26.4 Å². The van der Waals surface area contributed by atoms with E-state index in [0.29, 0.717) is 0 Å². The van der Waals surface area contributed by atoms with Crippen LogP contribution in [0.1, 0.15) is 12.5 Å². The molecule has 0 aliphatic rings. The van der Waals surface area contributed by atoms with Gasteiger partial charge >= 0.3 is 6.18 Å². The number of benzene rings is 1. The molecule has 0 aliphatic heterocycles. The summed E-state index contributed by atoms with van der Waals surface area (Å²) in [6.07, 6.45) is -3.77. The van der Waals surface area contributed by atoms with Crippen LogP contribution in [0.2, 0.25) is 5.02 Å². The number of sulfone groups is 1. The molecule has 12 heteroatoms. The minimum absolute atomic E-state index is 0.123. The van der Waals surface area contributed by atoms with Crippen LogP contribution in [0.4, 0.5) is 18.9 Å². The van der Waals surface area contributed by atoms with Gasteiger partial charge in [-0.05, 0) is 12.1 Å². The zero-order chi connectivity index (χ0) is 19.9. The van der Waals surface area contributed by atoms with Crippen molar-refractivity contribution in [1.82, 2.24) is 9.78 Å². The number of ether oxygens (including phenoxy) is 1. The number of halogens is 4. The van der Waals surface area contributed by atoms with E-state index in [-0.39, 0.29) is 21.7 Å². The minimum Gasteiger partial charge on any atom is -0.436 e. The second-order valence-electron chi connectivity index (χ2n) is 5.31. The van der Waals surface area contributed by atoms with Crippen molar-refractivity contribution in [3.63, 3.8) is 0 Å². The van der Waals surface area contributed by atoms with Gasteiger partial charge in [-0.25, -0.2) is 8.42 Å². The zero-order valence-corrected chi connectivity index (χ0v) is 15.3. The first kappa shape index (κ1) is 20.0. The fourth-order valence-electron chi connectivity index (χ4n) is 2.17. The maximum Gasteiger partial charge on any atom is 0.418 e. The van der Waals surface area contributed by atoms with Crippen LogP contribution in [0.25, 0.3) is 0 Å². The van der Waals surface area contributed by atoms with Crippen LogP contribution >= 0.6 is 11.6 Å². The van der Waals surface area contributed by atoms with Crippen molar-refractivity contribution in [1.29, 1.82) is 0 Å². The number of rotatable bonds is 4. The van der Waals surface area contributed by atoms with E-state index in [1.54, 1.807) is 0 Å². The molecule has 0 bridgehead atoms. The number of alkyl halides is 3. The highest BCUT2D eigenvalue weighted by molar-refractivity contribution is 7.90. The molecule has 142 valence electrons. The SMILES string of the molecule is CC(=O)Nc1cc(Oc2nn(C)c(S(C)(=O)=O)c2Cl)ccc1C(F)(F)F. The van der Waals surface area contributed by atoms with Crippen molar-refractivity contribution in [2.45, 2.75) is 18.1 Å². The molecule has 0 fully saturated rings. The lowest BCUT2D eigenvalue weighted by atomic mass is 10.1. The quantitative estimate of drug-likeness (QED) is 0.834. The Morgan fingerprint density at radius 3 is 2.42 bits per heavy atom. The van der Waals surface area contributed by atoms with Gasteiger partial charge in [-0.2, -0.15) is 13.2 Å². The smallest absolute Gasteiger partial charge is 0.418 e. The van der Waals surface area contributed by atoms with Crippen molar-refractivity contribution in [2.75, 3.05) is 11.6 Å². The van der Waals surface area contributed by atoms with Crippen LogP contribution in [0.3, 0.4) is 0 Å². The number of hydrogen-bond acceptors (Lipinski definition) is 5. The molecular formula is C14H13ClF3N3O4S. The normalized spacial score (nSPS) is 12.1. The largest absolute Gasteiger partial charge is 0.436 e. The molecule has 2 rings (SSSR count). The summed E-state index contributed by atoms with van der Waals surface area (Å²) in [4.78, 5) is 11.2. The molecule has 2 aromatic rings. The van der Waals surface area contributed by atoms with E-state index < -0.39 is 33.2 Å². The maximum absolute atomic E-state index is 13.0. The number of carbonyl (C=O) groups is 1. The van der Waals surface area contributed by atoms with Crippen LogP contribution in [0, 0.1) is 0 Å². The van der Waals surface area contributed by atoms with Gasteiger partial charge in [0.1, 0.15) is 10.8 Å². The van der Waals surface area contributed by atoms with Gasteiger partial charge in [-0.15, -0.1) is 5.10 Å². The van der Waals surface area contributed by atoms with Crippen molar-refractivity contribution in [3.8, 4) is 11.6 Å². The number of anilines is 1. The lowest BCUT2D eigenvalue weighted by molar-refractivity contribution is -0.137. The number of aryl methyl sites for hydroxylation is 1. The molecule has 1 N–H and O–H groups in total. The molecule has 7 nitrogen and oxygen atoms in total. The molecular weight excluding hydrogens is 399 g/mol. The standard InChI is InChI=1S/C14H13ClF3N3O4S/c1-7(22)19-10-6-8(4-5-9(10)14(16,17)18)25-12-11(15)13(21(2)20-12)26(3,23)24/h4-6H,1-3H3,(H,19,22). The summed E-state index contributed by atoms with van der Waals surface area (Å²) < 4.78 is 68.7. The zero-order valence-electron chi connectivity index (χ0n) is 13.7. The van der Waals surface area contributed by atoms with E-state index in [1.807, 2.05) is 0 Å². The molecule has 0 spiro atoms. The molecule has 0 saturated carbocycles. The Morgan fingerprint density at radius 1 is 1.35 bits per heavy atom. The first-order valence-electron chi connectivity index (χ1n) is 6.90. The highest BCUT2D eigenvalue weighted by Crippen LogP contribution is 2.39. The Hall–Kier alpha value is -2.27. The summed E-state index contributed by atoms with van der Waals surface area (Å²) in [5.74, 6) is -1.13. The molecule has 0 unspecified atom stereocenters. The van der Waals surface area contributed by atoms with Gasteiger partial charge in [-0.3, -0.25) is 9.48 Å². The molecule has 1 aromatic heterocycles. The maximum atomic E-state index is 13.0. The number of hydrogen-bond donors (Lipinski definition) is 1. The number of aromatic nitrogens is 2. The summed E-state index contributed by atoms with van der Waals surface area (Å²) in [6, 6.07) is 2.66. The van der Waals surface area contributed by atoms with Crippen molar-refractivity contribution < 1.29 is 31.1 Å². The third-order valence-electron chi connectivity index (χ3n) is 3.08. The van der Waals surface area contributed by atoms with E-state index in [4.69, 9.17) is 16.3 Å². The van der Waals surface area contributed by atoms with Gasteiger partial charge in [0.25, 0.3) is 5.88 Å². The van der Waals surface area contributed by atoms with Crippen molar-refractivity contribution >= 4 is 33.0 Å². The molecule has 0 atom stereocenters. The summed E-state index contributed by atoms with van der Waals surface area (Å²) in [7, 11) is -2.38. The van der Waals surface area contributed by atoms with Gasteiger partial charge in [0.05, 0.1) is 11.3 Å². The number of carbonyl (C=O) groups excluding carboxylic acids is 1. The topological polar surface area (TPSA) is 90.3 Å². The Morgan fingerprint density at radius 2 is 1.96 bits per heavy atom. The van der Waals surface area contributed by atoms with Crippen LogP contribution in [-0.4, -0.2) is 30.4 Å². The first-order chi connectivity index (χ1) is 11.8. The van der Waals surface area contributed by atoms with Crippen LogP contribution in [0.15, 0.2) is 23.2 Å². The molecule has 1 aromatic carbocycles. The fourth-order valence-corrected chi connectivity index (χ4v) is 3.72. The summed E-state index contributed by atoms with van der Waals surface area (Å²) >= 11 is 5.95. The van der Waals surface area contributed by atoms with E-state index in [0.717, 1.165) is 36.1 Å². The van der Waals surface area contributed by atoms with Crippen molar-refractivity contribution in [2.24, 2.45) is 7.05 Å². The number of amides is 1. The highest BCUT2D eigenvalue weighted by Gasteiger charge is 2.34. The second-order valence-corrected chi connectivity index (χ2v) is 7.62. The molecule has 1 amide bonds. The average molecular weight is 412 g/mol. The van der Waals surface area contributed by atoms with Gasteiger partial charge in [-0.1, -0.05) is 11.6 Å². The molecule has 0 radical (unpaired) electrons. The molecule has 0 aliphatic carbocycles. The Balaban J connectivity index is 2.47. The second kappa shape index (κ2) is 6.80. The van der Waals surface area contributed by atoms with Crippen LogP contribution in [0.5, 0.6) is 11.6 Å². The third-order valence-corrected chi connectivity index (χ3v) is 4.71. The Kier molecular flexibility index (Phi) is 5.24. The predicted molar refractivity (Wildman–Crippen MR) is 87.1 cm³/mol. The van der Waals surface area contributed by atoms with Gasteiger partial charge < -0.3 is 10.1 Å². The third kappa shape index (κ3) is 4.28. The van der Waals surface area contributed by atoms with Gasteiger partial charge in [0.15, 0.2) is 14.9 Å². The lowest BCUT2D eigenvalue weighted by Crippen LogP contribution is -2.13. The predicted octanol–water partition coefficient (Wildman–Crippen LogP) is 3.25. The molecule has 26 heavy (non-hydrogen) atoms.